The zero-order chi connectivity index (χ0) is 21.0. The molecule has 2 saturated heterocycles. The lowest BCUT2D eigenvalue weighted by molar-refractivity contribution is -0.150. The van der Waals surface area contributed by atoms with Crippen LogP contribution in [0.2, 0.25) is 5.15 Å². The number of carbonyl (C=O) groups excluding carboxylic acids is 2. The van der Waals surface area contributed by atoms with Crippen molar-refractivity contribution in [3.63, 3.8) is 0 Å². The molecule has 0 aliphatic carbocycles. The van der Waals surface area contributed by atoms with Crippen molar-refractivity contribution in [3.8, 4) is 5.75 Å². The minimum atomic E-state index is -4.22. The van der Waals surface area contributed by atoms with Crippen LogP contribution in [0, 0.1) is 11.7 Å². The van der Waals surface area contributed by atoms with E-state index >= 15 is 0 Å². The first-order chi connectivity index (χ1) is 13.7. The van der Waals surface area contributed by atoms with Crippen LogP contribution in [-0.4, -0.2) is 48.5 Å². The summed E-state index contributed by atoms with van der Waals surface area (Å²) in [5.74, 6) is -1.91. The van der Waals surface area contributed by atoms with Gasteiger partial charge in [0.2, 0.25) is 20.6 Å². The van der Waals surface area contributed by atoms with Gasteiger partial charge in [-0.15, -0.1) is 0 Å². The third-order valence-electron chi connectivity index (χ3n) is 5.45. The molecule has 0 N–H and O–H groups in total. The zero-order valence-electron chi connectivity index (χ0n) is 15.3. The Morgan fingerprint density at radius 2 is 2.07 bits per heavy atom. The molecule has 10 heteroatoms. The molecule has 29 heavy (non-hydrogen) atoms. The Kier molecular flexibility index (Phi) is 4.62. The summed E-state index contributed by atoms with van der Waals surface area (Å²) in [7, 11) is -2.80. The normalized spacial score (nSPS) is 23.7. The topological polar surface area (TPSA) is 93.6 Å². The first-order valence-electron chi connectivity index (χ1n) is 8.74. The smallest absolute Gasteiger partial charge is 0.228 e. The van der Waals surface area contributed by atoms with E-state index in [2.05, 4.69) is 4.98 Å². The van der Waals surface area contributed by atoms with Crippen molar-refractivity contribution >= 4 is 33.1 Å². The Hall–Kier alpha value is -2.52. The summed E-state index contributed by atoms with van der Waals surface area (Å²) < 4.78 is 45.4. The summed E-state index contributed by atoms with van der Waals surface area (Å²) in [6, 6.07) is 6.49. The Morgan fingerprint density at radius 1 is 1.31 bits per heavy atom. The molecular weight excluding hydrogens is 423 g/mol. The van der Waals surface area contributed by atoms with Gasteiger partial charge in [0.25, 0.3) is 0 Å². The number of carbonyl (C=O) groups is 2. The molecule has 2 aliphatic rings. The molecule has 2 atom stereocenters. The number of ether oxygens (including phenoxy) is 1. The molecule has 0 radical (unpaired) electrons. The van der Waals surface area contributed by atoms with Gasteiger partial charge >= 0.3 is 0 Å². The Morgan fingerprint density at radius 3 is 2.69 bits per heavy atom. The molecule has 3 heterocycles. The van der Waals surface area contributed by atoms with E-state index in [0.717, 1.165) is 11.1 Å². The number of methoxy groups -OCH3 is 1. The van der Waals surface area contributed by atoms with Crippen molar-refractivity contribution in [3.05, 3.63) is 53.1 Å². The lowest BCUT2D eigenvalue weighted by atomic mass is 9.92. The second kappa shape index (κ2) is 6.77. The van der Waals surface area contributed by atoms with Crippen LogP contribution in [-0.2, 0) is 25.8 Å². The van der Waals surface area contributed by atoms with Gasteiger partial charge in [-0.05, 0) is 42.3 Å². The molecule has 4 rings (SSSR count). The SMILES string of the molecule is COc1ccc(F)cc1CC1CN2C(=O)CC2(S(=O)(=O)c2ccc(Cl)nc2)C1=O. The van der Waals surface area contributed by atoms with Crippen molar-refractivity contribution in [1.82, 2.24) is 9.88 Å². The van der Waals surface area contributed by atoms with Crippen LogP contribution in [0.25, 0.3) is 0 Å². The number of Topliss-reactive ketones (excluding diaryl/α,β-unsaturated/α-hetero) is 1. The maximum atomic E-state index is 13.7. The van der Waals surface area contributed by atoms with E-state index in [9.17, 15) is 22.4 Å². The third kappa shape index (κ3) is 2.83. The second-order valence-electron chi connectivity index (χ2n) is 7.01. The Balaban J connectivity index is 1.71. The fraction of sp³-hybridized carbons (Fsp3) is 0.316. The molecule has 0 spiro atoms. The van der Waals surface area contributed by atoms with Crippen molar-refractivity contribution in [2.75, 3.05) is 13.7 Å². The quantitative estimate of drug-likeness (QED) is 0.523. The number of fused-ring (bicyclic) bond motifs is 1. The molecule has 2 aromatic rings. The van der Waals surface area contributed by atoms with E-state index < -0.39 is 44.6 Å². The van der Waals surface area contributed by atoms with Crippen molar-refractivity contribution in [2.24, 2.45) is 5.92 Å². The number of halogens is 2. The van der Waals surface area contributed by atoms with Gasteiger partial charge in [-0.1, -0.05) is 11.6 Å². The maximum absolute atomic E-state index is 13.7. The van der Waals surface area contributed by atoms with Gasteiger partial charge in [0, 0.05) is 18.7 Å². The number of pyridine rings is 1. The predicted molar refractivity (Wildman–Crippen MR) is 101 cm³/mol. The van der Waals surface area contributed by atoms with E-state index in [1.54, 1.807) is 0 Å². The van der Waals surface area contributed by atoms with Crippen LogP contribution in [0.3, 0.4) is 0 Å². The molecule has 7 nitrogen and oxygen atoms in total. The first kappa shape index (κ1) is 19.8. The van der Waals surface area contributed by atoms with E-state index in [-0.39, 0.29) is 23.0 Å². The molecule has 2 fully saturated rings. The number of hydrogen-bond donors (Lipinski definition) is 0. The Labute approximate surface area is 171 Å². The van der Waals surface area contributed by atoms with Gasteiger partial charge in [-0.3, -0.25) is 9.59 Å². The standard InChI is InChI=1S/C19H16ClFN2O5S/c1-28-15-4-2-13(21)7-11(15)6-12-10-23-17(24)8-19(23,18(12)25)29(26,27)14-3-5-16(20)22-9-14/h2-5,7,9,12H,6,8,10H2,1H3. The van der Waals surface area contributed by atoms with Gasteiger partial charge < -0.3 is 9.64 Å². The fourth-order valence-corrected chi connectivity index (χ4v) is 6.17. The van der Waals surface area contributed by atoms with Crippen molar-refractivity contribution < 1.29 is 27.1 Å². The molecule has 0 saturated carbocycles. The van der Waals surface area contributed by atoms with E-state index in [4.69, 9.17) is 16.3 Å². The van der Waals surface area contributed by atoms with E-state index in [1.165, 1.54) is 37.4 Å². The van der Waals surface area contributed by atoms with E-state index in [1.807, 2.05) is 0 Å². The number of nitrogens with zero attached hydrogens (tertiary/aromatic N) is 2. The number of sulfone groups is 1. The molecule has 0 bridgehead atoms. The van der Waals surface area contributed by atoms with Gasteiger partial charge in [-0.25, -0.2) is 17.8 Å². The predicted octanol–water partition coefficient (Wildman–Crippen LogP) is 2.03. The van der Waals surface area contributed by atoms with Crippen LogP contribution in [0.15, 0.2) is 41.4 Å². The summed E-state index contributed by atoms with van der Waals surface area (Å²) in [4.78, 5) is 28.1. The number of aromatic nitrogens is 1. The van der Waals surface area contributed by atoms with Crippen molar-refractivity contribution in [2.45, 2.75) is 22.6 Å². The van der Waals surface area contributed by atoms with Gasteiger partial charge in [0.15, 0.2) is 5.78 Å². The number of ketones is 1. The molecule has 152 valence electrons. The molecule has 2 aliphatic heterocycles. The first-order valence-corrected chi connectivity index (χ1v) is 10.6. The summed E-state index contributed by atoms with van der Waals surface area (Å²) in [6.07, 6.45) is 0.705. The summed E-state index contributed by atoms with van der Waals surface area (Å²) in [5.41, 5.74) is 0.432. The number of hydrogen-bond acceptors (Lipinski definition) is 6. The summed E-state index contributed by atoms with van der Waals surface area (Å²) in [5, 5.41) is 0.108. The van der Waals surface area contributed by atoms with Crippen LogP contribution >= 0.6 is 11.6 Å². The maximum Gasteiger partial charge on any atom is 0.228 e. The van der Waals surface area contributed by atoms with Crippen LogP contribution in [0.5, 0.6) is 5.75 Å². The van der Waals surface area contributed by atoms with Crippen LogP contribution < -0.4 is 4.74 Å². The average molecular weight is 439 g/mol. The lowest BCUT2D eigenvalue weighted by Crippen LogP contribution is -2.67. The zero-order valence-corrected chi connectivity index (χ0v) is 16.8. The fourth-order valence-electron chi connectivity index (χ4n) is 4.02. The minimum Gasteiger partial charge on any atom is -0.496 e. The van der Waals surface area contributed by atoms with Gasteiger partial charge in [0.1, 0.15) is 16.7 Å². The van der Waals surface area contributed by atoms with Crippen LogP contribution in [0.4, 0.5) is 4.39 Å². The summed E-state index contributed by atoms with van der Waals surface area (Å²) >= 11 is 5.73. The molecule has 1 amide bonds. The monoisotopic (exact) mass is 438 g/mol. The second-order valence-corrected chi connectivity index (χ2v) is 9.55. The molecule has 2 unspecified atom stereocenters. The number of amides is 1. The Bertz CT molecular complexity index is 1120. The highest BCUT2D eigenvalue weighted by Crippen LogP contribution is 2.48. The number of β-lactam (4-membered cyclic amide) rings is 1. The highest BCUT2D eigenvalue weighted by atomic mass is 35.5. The van der Waals surface area contributed by atoms with Gasteiger partial charge in [0.05, 0.1) is 18.4 Å². The van der Waals surface area contributed by atoms with Crippen molar-refractivity contribution in [1.29, 1.82) is 0 Å². The number of benzene rings is 1. The molecule has 1 aromatic carbocycles. The molecular formula is C19H16ClFN2O5S. The average Bonchev–Trinajstić information content (AvgIpc) is 2.90. The molecule has 1 aromatic heterocycles. The highest BCUT2D eigenvalue weighted by Gasteiger charge is 2.70. The largest absolute Gasteiger partial charge is 0.496 e. The van der Waals surface area contributed by atoms with Crippen LogP contribution in [0.1, 0.15) is 12.0 Å². The van der Waals surface area contributed by atoms with Gasteiger partial charge in [-0.2, -0.15) is 0 Å². The minimum absolute atomic E-state index is 0.0552. The highest BCUT2D eigenvalue weighted by molar-refractivity contribution is 7.93. The summed E-state index contributed by atoms with van der Waals surface area (Å²) in [6.45, 7) is -0.0580. The lowest BCUT2D eigenvalue weighted by Gasteiger charge is -2.44. The third-order valence-corrected chi connectivity index (χ3v) is 7.99. The number of rotatable bonds is 5. The van der Waals surface area contributed by atoms with E-state index in [0.29, 0.717) is 11.3 Å².